The Morgan fingerprint density at radius 1 is 1.18 bits per heavy atom. The van der Waals surface area contributed by atoms with Crippen molar-refractivity contribution >= 4 is 0 Å². The van der Waals surface area contributed by atoms with Gasteiger partial charge in [-0.3, -0.25) is 14.7 Å². The van der Waals surface area contributed by atoms with Crippen molar-refractivity contribution in [2.75, 3.05) is 13.7 Å². The highest BCUT2D eigenvalue weighted by molar-refractivity contribution is 5.48. The number of nitrogens with zero attached hydrogens (tertiary/aromatic N) is 3. The van der Waals surface area contributed by atoms with Gasteiger partial charge in [0.15, 0.2) is 5.82 Å². The van der Waals surface area contributed by atoms with Crippen molar-refractivity contribution in [2.45, 2.75) is 31.8 Å². The molecular formula is C22H24N4O2. The van der Waals surface area contributed by atoms with Crippen LogP contribution in [-0.4, -0.2) is 33.5 Å². The van der Waals surface area contributed by atoms with Crippen LogP contribution in [0, 0.1) is 0 Å². The summed E-state index contributed by atoms with van der Waals surface area (Å²) in [6, 6.07) is 15.4. The minimum atomic E-state index is -0.145. The molecule has 4 rings (SSSR count). The zero-order valence-corrected chi connectivity index (χ0v) is 16.0. The highest BCUT2D eigenvalue weighted by Crippen LogP contribution is 2.32. The number of benzene rings is 1. The molecule has 1 N–H and O–H groups in total. The summed E-state index contributed by atoms with van der Waals surface area (Å²) >= 11 is 0. The molecular weight excluding hydrogens is 352 g/mol. The first-order chi connectivity index (χ1) is 13.7. The number of rotatable bonds is 5. The van der Waals surface area contributed by atoms with Gasteiger partial charge in [-0.15, -0.1) is 0 Å². The Kier molecular flexibility index (Phi) is 5.48. The molecule has 0 spiro atoms. The number of methoxy groups -OCH3 is 1. The Morgan fingerprint density at radius 2 is 2.04 bits per heavy atom. The average molecular weight is 376 g/mol. The van der Waals surface area contributed by atoms with Crippen molar-refractivity contribution in [1.82, 2.24) is 19.9 Å². The Morgan fingerprint density at radius 3 is 2.86 bits per heavy atom. The van der Waals surface area contributed by atoms with Crippen LogP contribution in [-0.2, 0) is 6.54 Å². The van der Waals surface area contributed by atoms with E-state index in [1.165, 1.54) is 0 Å². The summed E-state index contributed by atoms with van der Waals surface area (Å²) in [5.74, 6) is 1.41. The molecule has 3 aromatic rings. The van der Waals surface area contributed by atoms with Crippen molar-refractivity contribution in [3.05, 3.63) is 76.3 Å². The van der Waals surface area contributed by atoms with Gasteiger partial charge in [0.25, 0.3) is 5.56 Å². The maximum absolute atomic E-state index is 12.3. The Labute approximate surface area is 164 Å². The molecule has 28 heavy (non-hydrogen) atoms. The molecule has 0 aliphatic carbocycles. The Balaban J connectivity index is 1.66. The van der Waals surface area contributed by atoms with Gasteiger partial charge in [-0.1, -0.05) is 30.7 Å². The van der Waals surface area contributed by atoms with Gasteiger partial charge in [-0.2, -0.15) is 0 Å². The van der Waals surface area contributed by atoms with Gasteiger partial charge in [-0.05, 0) is 37.6 Å². The molecule has 3 heterocycles. The second kappa shape index (κ2) is 8.35. The van der Waals surface area contributed by atoms with Crippen LogP contribution < -0.4 is 10.3 Å². The monoisotopic (exact) mass is 376 g/mol. The molecule has 1 aromatic carbocycles. The fourth-order valence-electron chi connectivity index (χ4n) is 3.84. The predicted octanol–water partition coefficient (Wildman–Crippen LogP) is 3.57. The molecule has 144 valence electrons. The lowest BCUT2D eigenvalue weighted by atomic mass is 9.98. The summed E-state index contributed by atoms with van der Waals surface area (Å²) < 4.78 is 5.52. The van der Waals surface area contributed by atoms with E-state index in [1.54, 1.807) is 19.4 Å². The fraction of sp³-hybridized carbons (Fsp3) is 0.318. The summed E-state index contributed by atoms with van der Waals surface area (Å²) in [6.07, 6.45) is 4.95. The molecule has 0 amide bonds. The SMILES string of the molecule is COc1ccccc1CN1CCCC[C@H]1c1cc(=O)[nH]c(-c2ccccn2)n1. The standard InChI is InChI=1S/C22H24N4O2/c1-28-20-11-3-2-8-16(20)15-26-13-7-5-10-19(26)18-14-21(27)25-22(24-18)17-9-4-6-12-23-17/h2-4,6,8-9,11-12,14,19H,5,7,10,13,15H2,1H3,(H,24,25,27)/t19-/m0/s1. The van der Waals surface area contributed by atoms with E-state index in [0.717, 1.165) is 49.4 Å². The van der Waals surface area contributed by atoms with Gasteiger partial charge >= 0.3 is 0 Å². The fourth-order valence-corrected chi connectivity index (χ4v) is 3.84. The Hall–Kier alpha value is -2.99. The number of H-pyrrole nitrogens is 1. The van der Waals surface area contributed by atoms with Crippen molar-refractivity contribution in [2.24, 2.45) is 0 Å². The molecule has 2 aromatic heterocycles. The van der Waals surface area contributed by atoms with Gasteiger partial charge in [0.2, 0.25) is 0 Å². The number of likely N-dealkylation sites (tertiary alicyclic amines) is 1. The predicted molar refractivity (Wildman–Crippen MR) is 108 cm³/mol. The van der Waals surface area contributed by atoms with Crippen molar-refractivity contribution < 1.29 is 4.74 Å². The quantitative estimate of drug-likeness (QED) is 0.737. The zero-order chi connectivity index (χ0) is 19.3. The first-order valence-electron chi connectivity index (χ1n) is 9.63. The normalized spacial score (nSPS) is 17.4. The van der Waals surface area contributed by atoms with Crippen LogP contribution in [0.15, 0.2) is 59.5 Å². The molecule has 1 fully saturated rings. The summed E-state index contributed by atoms with van der Waals surface area (Å²) in [7, 11) is 1.70. The number of hydrogen-bond acceptors (Lipinski definition) is 5. The first kappa shape index (κ1) is 18.4. The van der Waals surface area contributed by atoms with Gasteiger partial charge in [0, 0.05) is 24.4 Å². The van der Waals surface area contributed by atoms with E-state index < -0.39 is 0 Å². The summed E-state index contributed by atoms with van der Waals surface area (Å²) in [4.78, 5) is 26.6. The number of para-hydroxylation sites is 1. The van der Waals surface area contributed by atoms with Crippen LogP contribution >= 0.6 is 0 Å². The number of ether oxygens (including phenoxy) is 1. The van der Waals surface area contributed by atoms with Crippen LogP contribution in [0.5, 0.6) is 5.75 Å². The van der Waals surface area contributed by atoms with Crippen LogP contribution in [0.2, 0.25) is 0 Å². The van der Waals surface area contributed by atoms with Gasteiger partial charge < -0.3 is 9.72 Å². The minimum Gasteiger partial charge on any atom is -0.496 e. The molecule has 6 nitrogen and oxygen atoms in total. The third-order valence-electron chi connectivity index (χ3n) is 5.19. The average Bonchev–Trinajstić information content (AvgIpc) is 2.75. The first-order valence-corrected chi connectivity index (χ1v) is 9.63. The number of aromatic nitrogens is 3. The topological polar surface area (TPSA) is 71.1 Å². The van der Waals surface area contributed by atoms with Crippen LogP contribution in [0.4, 0.5) is 0 Å². The number of piperidine rings is 1. The van der Waals surface area contributed by atoms with Gasteiger partial charge in [-0.25, -0.2) is 4.98 Å². The molecule has 6 heteroatoms. The molecule has 0 saturated carbocycles. The molecule has 0 bridgehead atoms. The molecule has 0 unspecified atom stereocenters. The van der Waals surface area contributed by atoms with Crippen molar-refractivity contribution in [3.8, 4) is 17.3 Å². The number of nitrogens with one attached hydrogen (secondary N) is 1. The van der Waals surface area contributed by atoms with E-state index in [-0.39, 0.29) is 11.6 Å². The largest absolute Gasteiger partial charge is 0.496 e. The lowest BCUT2D eigenvalue weighted by molar-refractivity contribution is 0.136. The summed E-state index contributed by atoms with van der Waals surface area (Å²) in [5.41, 5.74) is 2.48. The molecule has 1 saturated heterocycles. The van der Waals surface area contributed by atoms with E-state index >= 15 is 0 Å². The Bertz CT molecular complexity index is 987. The van der Waals surface area contributed by atoms with Crippen LogP contribution in [0.25, 0.3) is 11.5 Å². The highest BCUT2D eigenvalue weighted by Gasteiger charge is 2.26. The summed E-state index contributed by atoms with van der Waals surface area (Å²) in [5, 5.41) is 0. The highest BCUT2D eigenvalue weighted by atomic mass is 16.5. The second-order valence-electron chi connectivity index (χ2n) is 7.03. The second-order valence-corrected chi connectivity index (χ2v) is 7.03. The third kappa shape index (κ3) is 3.97. The minimum absolute atomic E-state index is 0.100. The van der Waals surface area contributed by atoms with E-state index in [2.05, 4.69) is 20.9 Å². The van der Waals surface area contributed by atoms with Crippen LogP contribution in [0.3, 0.4) is 0 Å². The maximum Gasteiger partial charge on any atom is 0.251 e. The van der Waals surface area contributed by atoms with Crippen molar-refractivity contribution in [1.29, 1.82) is 0 Å². The molecule has 0 radical (unpaired) electrons. The van der Waals surface area contributed by atoms with Crippen molar-refractivity contribution in [3.63, 3.8) is 0 Å². The van der Waals surface area contributed by atoms with E-state index in [1.807, 2.05) is 36.4 Å². The van der Waals surface area contributed by atoms with E-state index in [0.29, 0.717) is 11.5 Å². The summed E-state index contributed by atoms with van der Waals surface area (Å²) in [6.45, 7) is 1.73. The molecule has 1 atom stereocenters. The smallest absolute Gasteiger partial charge is 0.251 e. The molecule has 1 aliphatic rings. The zero-order valence-electron chi connectivity index (χ0n) is 16.0. The number of pyridine rings is 1. The van der Waals surface area contributed by atoms with E-state index in [9.17, 15) is 4.79 Å². The van der Waals surface area contributed by atoms with Gasteiger partial charge in [0.1, 0.15) is 11.4 Å². The third-order valence-corrected chi connectivity index (χ3v) is 5.19. The van der Waals surface area contributed by atoms with Gasteiger partial charge in [0.05, 0.1) is 18.8 Å². The van der Waals surface area contributed by atoms with Crippen LogP contribution in [0.1, 0.15) is 36.6 Å². The molecule has 1 aliphatic heterocycles. The lowest BCUT2D eigenvalue weighted by Gasteiger charge is -2.35. The lowest BCUT2D eigenvalue weighted by Crippen LogP contribution is -2.34. The number of hydrogen-bond donors (Lipinski definition) is 1. The van der Waals surface area contributed by atoms with E-state index in [4.69, 9.17) is 9.72 Å². The maximum atomic E-state index is 12.3. The number of aromatic amines is 1.